The third kappa shape index (κ3) is 2.53. The smallest absolute Gasteiger partial charge is 0.0644 e. The fourth-order valence-corrected chi connectivity index (χ4v) is 1.23. The molecule has 0 atom stereocenters. The van der Waals surface area contributed by atoms with Crippen molar-refractivity contribution in [1.29, 1.82) is 0 Å². The molecule has 0 heterocycles. The molecule has 0 saturated heterocycles. The lowest BCUT2D eigenvalue weighted by Crippen LogP contribution is -1.95. The van der Waals surface area contributed by atoms with Crippen molar-refractivity contribution in [3.63, 3.8) is 0 Å². The van der Waals surface area contributed by atoms with E-state index in [-0.39, 0.29) is 6.61 Å². The summed E-state index contributed by atoms with van der Waals surface area (Å²) in [6.45, 7) is 0.172. The normalized spacial score (nSPS) is 16.2. The summed E-state index contributed by atoms with van der Waals surface area (Å²) in [6, 6.07) is 0. The highest BCUT2D eigenvalue weighted by Crippen LogP contribution is 2.16. The van der Waals surface area contributed by atoms with E-state index in [1.807, 2.05) is 12.2 Å². The summed E-state index contributed by atoms with van der Waals surface area (Å²) in [6.07, 6.45) is 5.79. The first-order chi connectivity index (χ1) is 5.36. The summed E-state index contributed by atoms with van der Waals surface area (Å²) < 4.78 is 0. The quantitative estimate of drug-likeness (QED) is 0.660. The van der Waals surface area contributed by atoms with Gasteiger partial charge in [0.05, 0.1) is 6.61 Å². The molecule has 1 aliphatic carbocycles. The van der Waals surface area contributed by atoms with Crippen LogP contribution in [0, 0.1) is 10.8 Å². The Morgan fingerprint density at radius 3 is 2.73 bits per heavy atom. The number of aliphatic hydroxyl groups is 1. The Morgan fingerprint density at radius 1 is 1.45 bits per heavy atom. The molecule has 0 aromatic rings. The van der Waals surface area contributed by atoms with E-state index in [9.17, 15) is 0 Å². The van der Waals surface area contributed by atoms with Gasteiger partial charge >= 0.3 is 0 Å². The molecule has 0 fully saturated rings. The van der Waals surface area contributed by atoms with E-state index in [1.165, 1.54) is 0 Å². The van der Waals surface area contributed by atoms with Crippen molar-refractivity contribution in [2.24, 2.45) is 0 Å². The van der Waals surface area contributed by atoms with E-state index in [2.05, 4.69) is 26.7 Å². The maximum Gasteiger partial charge on any atom is 0.0644 e. The molecule has 0 amide bonds. The standard InChI is InChI=1S/C9H9BrO/c10-6-5-8-1-3-9(7-11)4-2-8/h1,3,11H,2,4,7H2. The molecular weight excluding hydrogens is 204 g/mol. The van der Waals surface area contributed by atoms with Gasteiger partial charge in [-0.2, -0.15) is 0 Å². The molecule has 58 valence electrons. The van der Waals surface area contributed by atoms with E-state index in [4.69, 9.17) is 5.11 Å². The molecule has 11 heavy (non-hydrogen) atoms. The second-order valence-corrected chi connectivity index (χ2v) is 2.79. The molecule has 0 unspecified atom stereocenters. The molecule has 0 saturated carbocycles. The van der Waals surface area contributed by atoms with Crippen LogP contribution in [-0.4, -0.2) is 11.7 Å². The number of allylic oxidation sites excluding steroid dienone is 3. The van der Waals surface area contributed by atoms with Crippen LogP contribution in [-0.2, 0) is 0 Å². The molecule has 2 heteroatoms. The summed E-state index contributed by atoms with van der Waals surface area (Å²) in [4.78, 5) is 2.67. The maximum atomic E-state index is 8.76. The summed E-state index contributed by atoms with van der Waals surface area (Å²) in [5, 5.41) is 8.76. The highest BCUT2D eigenvalue weighted by molar-refractivity contribution is 9.12. The molecule has 0 bridgehead atoms. The average Bonchev–Trinajstić information content (AvgIpc) is 2.07. The zero-order valence-corrected chi connectivity index (χ0v) is 7.69. The summed E-state index contributed by atoms with van der Waals surface area (Å²) in [5.74, 6) is 2.93. The van der Waals surface area contributed by atoms with Crippen LogP contribution in [0.15, 0.2) is 23.3 Å². The molecule has 0 aliphatic heterocycles. The minimum Gasteiger partial charge on any atom is -0.392 e. The predicted molar refractivity (Wildman–Crippen MR) is 49.2 cm³/mol. The van der Waals surface area contributed by atoms with Gasteiger partial charge in [0.25, 0.3) is 0 Å². The van der Waals surface area contributed by atoms with E-state index in [0.717, 1.165) is 24.0 Å². The topological polar surface area (TPSA) is 20.2 Å². The molecule has 1 nitrogen and oxygen atoms in total. The van der Waals surface area contributed by atoms with Crippen molar-refractivity contribution in [3.8, 4) is 10.8 Å². The first kappa shape index (κ1) is 8.58. The molecule has 0 spiro atoms. The molecule has 0 aromatic heterocycles. The van der Waals surface area contributed by atoms with Crippen molar-refractivity contribution >= 4 is 15.9 Å². The van der Waals surface area contributed by atoms with Crippen LogP contribution in [0.25, 0.3) is 0 Å². The summed E-state index contributed by atoms with van der Waals surface area (Å²) >= 11 is 3.05. The zero-order chi connectivity index (χ0) is 8.10. The Balaban J connectivity index is 2.66. The van der Waals surface area contributed by atoms with Crippen LogP contribution in [0.4, 0.5) is 0 Å². The van der Waals surface area contributed by atoms with Gasteiger partial charge in [-0.25, -0.2) is 0 Å². The molecule has 1 N–H and O–H groups in total. The second kappa shape index (κ2) is 4.38. The Morgan fingerprint density at radius 2 is 2.27 bits per heavy atom. The van der Waals surface area contributed by atoms with E-state index >= 15 is 0 Å². The average molecular weight is 213 g/mol. The van der Waals surface area contributed by atoms with Crippen molar-refractivity contribution < 1.29 is 5.11 Å². The molecule has 1 rings (SSSR count). The summed E-state index contributed by atoms with van der Waals surface area (Å²) in [5.41, 5.74) is 2.21. The van der Waals surface area contributed by atoms with Gasteiger partial charge in [-0.05, 0) is 23.2 Å². The van der Waals surface area contributed by atoms with Crippen molar-refractivity contribution in [2.45, 2.75) is 12.8 Å². The fourth-order valence-electron chi connectivity index (χ4n) is 0.977. The van der Waals surface area contributed by atoms with Crippen LogP contribution >= 0.6 is 15.9 Å². The van der Waals surface area contributed by atoms with Crippen LogP contribution in [0.3, 0.4) is 0 Å². The minimum atomic E-state index is 0.172. The summed E-state index contributed by atoms with van der Waals surface area (Å²) in [7, 11) is 0. The van der Waals surface area contributed by atoms with Gasteiger partial charge in [-0.3, -0.25) is 0 Å². The van der Waals surface area contributed by atoms with E-state index in [1.54, 1.807) is 0 Å². The van der Waals surface area contributed by atoms with Crippen LogP contribution in [0.5, 0.6) is 0 Å². The Bertz CT molecular complexity index is 252. The third-order valence-corrected chi connectivity index (χ3v) is 1.84. The van der Waals surface area contributed by atoms with E-state index < -0.39 is 0 Å². The molecule has 1 aliphatic rings. The van der Waals surface area contributed by atoms with Gasteiger partial charge < -0.3 is 5.11 Å². The first-order valence-electron chi connectivity index (χ1n) is 3.48. The lowest BCUT2D eigenvalue weighted by atomic mass is 10.00. The maximum absolute atomic E-state index is 8.76. The van der Waals surface area contributed by atoms with Gasteiger partial charge in [0.2, 0.25) is 0 Å². The third-order valence-electron chi connectivity index (χ3n) is 1.65. The van der Waals surface area contributed by atoms with Crippen LogP contribution < -0.4 is 0 Å². The minimum absolute atomic E-state index is 0.172. The fraction of sp³-hybridized carbons (Fsp3) is 0.333. The lowest BCUT2D eigenvalue weighted by Gasteiger charge is -2.07. The van der Waals surface area contributed by atoms with Crippen molar-refractivity contribution in [2.75, 3.05) is 6.61 Å². The number of rotatable bonds is 1. The molecule has 0 radical (unpaired) electrons. The first-order valence-corrected chi connectivity index (χ1v) is 4.27. The largest absolute Gasteiger partial charge is 0.392 e. The molecular formula is C9H9BrO. The Kier molecular flexibility index (Phi) is 3.41. The van der Waals surface area contributed by atoms with Gasteiger partial charge in [0.15, 0.2) is 0 Å². The van der Waals surface area contributed by atoms with Crippen LogP contribution in [0.1, 0.15) is 12.8 Å². The Labute approximate surface area is 74.9 Å². The second-order valence-electron chi connectivity index (χ2n) is 2.39. The number of aliphatic hydroxyl groups excluding tert-OH is 1. The van der Waals surface area contributed by atoms with Gasteiger partial charge in [0.1, 0.15) is 0 Å². The predicted octanol–water partition coefficient (Wildman–Crippen LogP) is 1.98. The van der Waals surface area contributed by atoms with E-state index in [0.29, 0.717) is 0 Å². The highest BCUT2D eigenvalue weighted by Gasteiger charge is 2.02. The zero-order valence-electron chi connectivity index (χ0n) is 6.10. The lowest BCUT2D eigenvalue weighted by molar-refractivity contribution is 0.326. The monoisotopic (exact) mass is 212 g/mol. The number of halogens is 1. The van der Waals surface area contributed by atoms with Gasteiger partial charge in [0, 0.05) is 21.5 Å². The van der Waals surface area contributed by atoms with Crippen molar-refractivity contribution in [3.05, 3.63) is 23.3 Å². The SMILES string of the molecule is OCC1=CC=C(C#CBr)CC1. The van der Waals surface area contributed by atoms with Gasteiger partial charge in [-0.15, -0.1) is 0 Å². The Hall–Kier alpha value is -0.520. The number of hydrogen-bond acceptors (Lipinski definition) is 1. The number of hydrogen-bond donors (Lipinski definition) is 1. The van der Waals surface area contributed by atoms with Crippen molar-refractivity contribution in [1.82, 2.24) is 0 Å². The molecule has 0 aromatic carbocycles. The van der Waals surface area contributed by atoms with Gasteiger partial charge in [-0.1, -0.05) is 18.1 Å². The highest BCUT2D eigenvalue weighted by atomic mass is 79.9. The van der Waals surface area contributed by atoms with Crippen LogP contribution in [0.2, 0.25) is 0 Å².